The smallest absolute Gasteiger partial charge is 0.326 e. The Bertz CT molecular complexity index is 720. The average Bonchev–Trinajstić information content (AvgIpc) is 3.22. The molecule has 1 heterocycles. The number of aryl methyl sites for hydroxylation is 1. The number of nitrogens with zero attached hydrogens (tertiary/aromatic N) is 2. The number of nitrogens with one attached hydrogen (secondary N) is 1. The first-order chi connectivity index (χ1) is 14.5. The number of rotatable bonds is 9. The van der Waals surface area contributed by atoms with Crippen LogP contribution in [0.4, 0.5) is 0 Å². The molecule has 0 aliphatic heterocycles. The summed E-state index contributed by atoms with van der Waals surface area (Å²) in [6, 6.07) is 0.718. The monoisotopic (exact) mass is 437 g/mol. The number of carboxylic acids is 1. The molecule has 30 heavy (non-hydrogen) atoms. The summed E-state index contributed by atoms with van der Waals surface area (Å²) in [5.74, 6) is -0.251. The van der Waals surface area contributed by atoms with Crippen molar-refractivity contribution in [3.05, 3.63) is 18.0 Å². The van der Waals surface area contributed by atoms with Crippen LogP contribution in [0, 0.1) is 17.8 Å². The molecule has 168 valence electrons. The quantitative estimate of drug-likeness (QED) is 0.618. The largest absolute Gasteiger partial charge is 0.480 e. The Morgan fingerprint density at radius 2 is 1.70 bits per heavy atom. The van der Waals surface area contributed by atoms with Crippen LogP contribution in [0.3, 0.4) is 0 Å². The molecule has 0 saturated heterocycles. The molecule has 2 saturated carbocycles. The van der Waals surface area contributed by atoms with E-state index in [0.717, 1.165) is 51.4 Å². The van der Waals surface area contributed by atoms with Gasteiger partial charge in [0.1, 0.15) is 11.7 Å². The summed E-state index contributed by atoms with van der Waals surface area (Å²) in [5.41, 5.74) is 0.331. The summed E-state index contributed by atoms with van der Waals surface area (Å²) in [6.07, 6.45) is 14.4. The first kappa shape index (κ1) is 23.0. The second-order valence-electron chi connectivity index (χ2n) is 8.88. The zero-order chi connectivity index (χ0) is 21.5. The molecule has 7 nitrogen and oxygen atoms in total. The Balaban J connectivity index is 1.79. The van der Waals surface area contributed by atoms with Gasteiger partial charge in [-0.3, -0.25) is 13.7 Å². The molecule has 2 N–H and O–H groups in total. The van der Waals surface area contributed by atoms with Gasteiger partial charge in [0.05, 0.1) is 6.54 Å². The summed E-state index contributed by atoms with van der Waals surface area (Å²) in [4.78, 5) is 25.4. The first-order valence-corrected chi connectivity index (χ1v) is 13.1. The van der Waals surface area contributed by atoms with Crippen molar-refractivity contribution in [1.82, 2.24) is 15.1 Å². The molecule has 3 rings (SSSR count). The van der Waals surface area contributed by atoms with Crippen LogP contribution >= 0.6 is 0 Å². The van der Waals surface area contributed by atoms with Gasteiger partial charge in [-0.1, -0.05) is 64.2 Å². The van der Waals surface area contributed by atoms with Crippen LogP contribution in [-0.2, 0) is 22.1 Å². The SMILES string of the molecule is CS(=O)CCn1nccc1C(=O)N[C@H](C(=O)O)C(C1CCCCC1)C1CCCCC1. The third-order valence-corrected chi connectivity index (χ3v) is 7.62. The van der Waals surface area contributed by atoms with Crippen molar-refractivity contribution in [2.24, 2.45) is 17.8 Å². The highest BCUT2D eigenvalue weighted by Gasteiger charge is 2.41. The molecule has 0 aromatic carbocycles. The summed E-state index contributed by atoms with van der Waals surface area (Å²) >= 11 is 0. The van der Waals surface area contributed by atoms with Crippen molar-refractivity contribution in [2.75, 3.05) is 12.0 Å². The zero-order valence-electron chi connectivity index (χ0n) is 17.9. The lowest BCUT2D eigenvalue weighted by atomic mass is 9.66. The van der Waals surface area contributed by atoms with Crippen LogP contribution in [-0.4, -0.2) is 49.0 Å². The number of aromatic nitrogens is 2. The average molecular weight is 438 g/mol. The Kier molecular flexibility index (Phi) is 8.48. The summed E-state index contributed by atoms with van der Waals surface area (Å²) in [5, 5.41) is 17.1. The van der Waals surface area contributed by atoms with Crippen molar-refractivity contribution in [1.29, 1.82) is 0 Å². The maximum Gasteiger partial charge on any atom is 0.326 e. The van der Waals surface area contributed by atoms with Crippen molar-refractivity contribution >= 4 is 22.7 Å². The first-order valence-electron chi connectivity index (χ1n) is 11.3. The molecule has 2 fully saturated rings. The minimum Gasteiger partial charge on any atom is -0.480 e. The number of amides is 1. The summed E-state index contributed by atoms with van der Waals surface area (Å²) < 4.78 is 12.9. The van der Waals surface area contributed by atoms with Gasteiger partial charge >= 0.3 is 5.97 Å². The van der Waals surface area contributed by atoms with Gasteiger partial charge in [-0.2, -0.15) is 5.10 Å². The molecule has 1 amide bonds. The molecule has 1 aromatic rings. The van der Waals surface area contributed by atoms with E-state index in [2.05, 4.69) is 10.4 Å². The maximum atomic E-state index is 13.0. The van der Waals surface area contributed by atoms with Crippen LogP contribution < -0.4 is 5.32 Å². The fourth-order valence-corrected chi connectivity index (χ4v) is 5.85. The van der Waals surface area contributed by atoms with Gasteiger partial charge in [0.25, 0.3) is 5.91 Å². The van der Waals surface area contributed by atoms with Gasteiger partial charge in [-0.05, 0) is 23.8 Å². The number of carbonyl (C=O) groups is 2. The lowest BCUT2D eigenvalue weighted by Gasteiger charge is -2.41. The lowest BCUT2D eigenvalue weighted by Crippen LogP contribution is -2.51. The fourth-order valence-electron chi connectivity index (χ4n) is 5.42. The Morgan fingerprint density at radius 1 is 1.13 bits per heavy atom. The van der Waals surface area contributed by atoms with Crippen molar-refractivity contribution < 1.29 is 18.9 Å². The fraction of sp³-hybridized carbons (Fsp3) is 0.773. The topological polar surface area (TPSA) is 101 Å². The molecule has 8 heteroatoms. The Labute approximate surface area is 181 Å². The second kappa shape index (κ2) is 11.1. The van der Waals surface area contributed by atoms with Crippen LogP contribution in [0.1, 0.15) is 74.7 Å². The lowest BCUT2D eigenvalue weighted by molar-refractivity contribution is -0.142. The van der Waals surface area contributed by atoms with Crippen LogP contribution in [0.25, 0.3) is 0 Å². The van der Waals surface area contributed by atoms with Gasteiger partial charge in [-0.15, -0.1) is 0 Å². The minimum absolute atomic E-state index is 0.0217. The predicted molar refractivity (Wildman–Crippen MR) is 117 cm³/mol. The van der Waals surface area contributed by atoms with Gasteiger partial charge < -0.3 is 10.4 Å². The summed E-state index contributed by atoms with van der Waals surface area (Å²) in [7, 11) is -0.991. The van der Waals surface area contributed by atoms with Gasteiger partial charge in [-0.25, -0.2) is 4.79 Å². The van der Waals surface area contributed by atoms with Crippen molar-refractivity contribution in [3.8, 4) is 0 Å². The van der Waals surface area contributed by atoms with Crippen molar-refractivity contribution in [3.63, 3.8) is 0 Å². The number of hydrogen-bond acceptors (Lipinski definition) is 4. The number of aliphatic carboxylic acids is 1. The van der Waals surface area contributed by atoms with E-state index in [0.29, 0.717) is 29.8 Å². The summed E-state index contributed by atoms with van der Waals surface area (Å²) in [6.45, 7) is 0.366. The molecule has 0 bridgehead atoms. The molecule has 1 unspecified atom stereocenters. The zero-order valence-corrected chi connectivity index (χ0v) is 18.7. The third kappa shape index (κ3) is 5.93. The van der Waals surface area contributed by atoms with E-state index in [1.54, 1.807) is 12.3 Å². The van der Waals surface area contributed by atoms with E-state index in [1.807, 2.05) is 0 Å². The van der Waals surface area contributed by atoms with E-state index in [4.69, 9.17) is 0 Å². The second-order valence-corrected chi connectivity index (χ2v) is 10.4. The molecular weight excluding hydrogens is 402 g/mol. The molecule has 1 aromatic heterocycles. The van der Waals surface area contributed by atoms with Crippen LogP contribution in [0.5, 0.6) is 0 Å². The van der Waals surface area contributed by atoms with Gasteiger partial charge in [0, 0.05) is 29.0 Å². The highest BCUT2D eigenvalue weighted by Crippen LogP contribution is 2.41. The molecule has 0 radical (unpaired) electrons. The minimum atomic E-state index is -0.991. The number of carboxylic acid groups (broad SMARTS) is 1. The predicted octanol–water partition coefficient (Wildman–Crippen LogP) is 3.22. The maximum absolute atomic E-state index is 13.0. The van der Waals surface area contributed by atoms with Crippen LogP contribution in [0.2, 0.25) is 0 Å². The van der Waals surface area contributed by atoms with Crippen molar-refractivity contribution in [2.45, 2.75) is 76.8 Å². The molecule has 0 spiro atoms. The molecule has 2 aliphatic carbocycles. The normalized spacial score (nSPS) is 20.7. The highest BCUT2D eigenvalue weighted by atomic mass is 32.2. The Hall–Kier alpha value is -1.70. The molecular formula is C22H35N3O4S. The van der Waals surface area contributed by atoms with Crippen LogP contribution in [0.15, 0.2) is 12.3 Å². The third-order valence-electron chi connectivity index (χ3n) is 6.87. The Morgan fingerprint density at radius 3 is 2.20 bits per heavy atom. The van der Waals surface area contributed by atoms with E-state index in [9.17, 15) is 18.9 Å². The highest BCUT2D eigenvalue weighted by molar-refractivity contribution is 7.84. The molecule has 2 aliphatic rings. The van der Waals surface area contributed by atoms with E-state index in [1.165, 1.54) is 23.7 Å². The number of carbonyl (C=O) groups excluding carboxylic acids is 1. The molecule has 2 atom stereocenters. The van der Waals surface area contributed by atoms with E-state index in [-0.39, 0.29) is 5.92 Å². The van der Waals surface area contributed by atoms with Gasteiger partial charge in [0.15, 0.2) is 0 Å². The van der Waals surface area contributed by atoms with E-state index >= 15 is 0 Å². The van der Waals surface area contributed by atoms with E-state index < -0.39 is 28.7 Å². The van der Waals surface area contributed by atoms with Gasteiger partial charge in [0.2, 0.25) is 0 Å². The standard InChI is InChI=1S/C22H35N3O4S/c1-30(29)15-14-25-18(12-13-23-25)21(26)24-20(22(27)28)19(16-8-4-2-5-9-16)17-10-6-3-7-11-17/h12-13,16-17,19-20H,2-11,14-15H2,1H3,(H,24,26)(H,27,28)/t20-,30?/m0/s1. The number of hydrogen-bond donors (Lipinski definition) is 2.